The molecule has 0 N–H and O–H groups in total. The molecule has 168 valence electrons. The second-order valence-electron chi connectivity index (χ2n) is 7.12. The van der Waals surface area contributed by atoms with Crippen LogP contribution in [0.2, 0.25) is 0 Å². The summed E-state index contributed by atoms with van der Waals surface area (Å²) in [4.78, 5) is 29.1. The Balaban J connectivity index is 1.82. The van der Waals surface area contributed by atoms with Gasteiger partial charge in [-0.05, 0) is 42.0 Å². The van der Waals surface area contributed by atoms with E-state index < -0.39 is 29.7 Å². The number of ether oxygens (including phenoxy) is 1. The van der Waals surface area contributed by atoms with Gasteiger partial charge in [0.2, 0.25) is 0 Å². The predicted octanol–water partition coefficient (Wildman–Crippen LogP) is 5.15. The van der Waals surface area contributed by atoms with Gasteiger partial charge in [-0.2, -0.15) is 0 Å². The van der Waals surface area contributed by atoms with Crippen molar-refractivity contribution in [2.24, 2.45) is 0 Å². The van der Waals surface area contributed by atoms with Crippen LogP contribution in [0, 0.1) is 5.82 Å². The maximum absolute atomic E-state index is 13.5. The van der Waals surface area contributed by atoms with Gasteiger partial charge in [0.25, 0.3) is 11.8 Å². The van der Waals surface area contributed by atoms with Crippen molar-refractivity contribution in [1.82, 2.24) is 0 Å². The maximum atomic E-state index is 13.5. The third kappa shape index (κ3) is 4.43. The molecule has 1 aliphatic heterocycles. The summed E-state index contributed by atoms with van der Waals surface area (Å²) in [7, 11) is 1.59. The molecule has 3 aromatic carbocycles. The number of hydrogen-bond acceptors (Lipinski definition) is 4. The van der Waals surface area contributed by atoms with Crippen molar-refractivity contribution in [3.05, 3.63) is 95.9 Å². The van der Waals surface area contributed by atoms with Crippen molar-refractivity contribution in [1.29, 1.82) is 0 Å². The van der Waals surface area contributed by atoms with E-state index in [9.17, 15) is 27.2 Å². The molecule has 0 aliphatic carbocycles. The zero-order valence-corrected chi connectivity index (χ0v) is 17.1. The van der Waals surface area contributed by atoms with Gasteiger partial charge in [0.05, 0.1) is 11.3 Å². The van der Waals surface area contributed by atoms with Crippen LogP contribution in [0.4, 0.5) is 28.9 Å². The monoisotopic (exact) mass is 456 g/mol. The highest BCUT2D eigenvalue weighted by Gasteiger charge is 2.42. The summed E-state index contributed by atoms with van der Waals surface area (Å²) in [6.45, 7) is 0. The van der Waals surface area contributed by atoms with Gasteiger partial charge < -0.3 is 9.64 Å². The number of rotatable bonds is 5. The maximum Gasteiger partial charge on any atom is 0.573 e. The SMILES string of the molecule is CN(C1=C(c2ccc(F)cc2)C(=O)N(c2cccc(OC(F)(F)F)c2)C1=O)c1ccccc1. The van der Waals surface area contributed by atoms with Crippen LogP contribution in [0.15, 0.2) is 84.6 Å². The number of benzene rings is 3. The fraction of sp³-hybridized carbons (Fsp3) is 0.0833. The van der Waals surface area contributed by atoms with Crippen LogP contribution in [-0.2, 0) is 9.59 Å². The Morgan fingerprint density at radius 3 is 2.15 bits per heavy atom. The van der Waals surface area contributed by atoms with E-state index in [-0.39, 0.29) is 22.5 Å². The fourth-order valence-corrected chi connectivity index (χ4v) is 3.54. The molecule has 4 rings (SSSR count). The first kappa shape index (κ1) is 22.1. The number of carbonyl (C=O) groups excluding carboxylic acids is 2. The second-order valence-corrected chi connectivity index (χ2v) is 7.12. The number of nitrogens with zero attached hydrogens (tertiary/aromatic N) is 2. The number of hydrogen-bond donors (Lipinski definition) is 0. The summed E-state index contributed by atoms with van der Waals surface area (Å²) in [6, 6.07) is 18.4. The molecule has 1 aliphatic rings. The summed E-state index contributed by atoms with van der Waals surface area (Å²) < 4.78 is 55.4. The molecule has 0 fully saturated rings. The zero-order valence-electron chi connectivity index (χ0n) is 17.1. The minimum Gasteiger partial charge on any atom is -0.406 e. The predicted molar refractivity (Wildman–Crippen MR) is 114 cm³/mol. The third-order valence-electron chi connectivity index (χ3n) is 4.98. The minimum absolute atomic E-state index is 0.0000454. The average Bonchev–Trinajstić information content (AvgIpc) is 3.03. The Labute approximate surface area is 186 Å². The topological polar surface area (TPSA) is 49.9 Å². The zero-order chi connectivity index (χ0) is 23.8. The van der Waals surface area contributed by atoms with Crippen LogP contribution in [0.25, 0.3) is 5.57 Å². The van der Waals surface area contributed by atoms with Gasteiger partial charge >= 0.3 is 6.36 Å². The standard InChI is InChI=1S/C24H16F4N2O3/c1-29(17-6-3-2-4-7-17)21-20(15-10-12-16(25)13-11-15)22(31)30(23(21)32)18-8-5-9-19(14-18)33-24(26,27)28/h2-14H,1H3. The molecule has 9 heteroatoms. The average molecular weight is 456 g/mol. The van der Waals surface area contributed by atoms with Gasteiger partial charge in [-0.15, -0.1) is 13.2 Å². The molecule has 0 atom stereocenters. The lowest BCUT2D eigenvalue weighted by Gasteiger charge is -2.22. The van der Waals surface area contributed by atoms with Crippen LogP contribution in [-0.4, -0.2) is 25.2 Å². The van der Waals surface area contributed by atoms with Gasteiger partial charge in [-0.25, -0.2) is 9.29 Å². The lowest BCUT2D eigenvalue weighted by atomic mass is 10.0. The summed E-state index contributed by atoms with van der Waals surface area (Å²) in [5, 5.41) is 0. The molecular weight excluding hydrogens is 440 g/mol. The van der Waals surface area contributed by atoms with Crippen LogP contribution >= 0.6 is 0 Å². The van der Waals surface area contributed by atoms with Crippen LogP contribution in [0.5, 0.6) is 5.75 Å². The van der Waals surface area contributed by atoms with E-state index >= 15 is 0 Å². The molecule has 3 aromatic rings. The van der Waals surface area contributed by atoms with Crippen molar-refractivity contribution in [2.45, 2.75) is 6.36 Å². The smallest absolute Gasteiger partial charge is 0.406 e. The lowest BCUT2D eigenvalue weighted by Crippen LogP contribution is -2.34. The first-order valence-electron chi connectivity index (χ1n) is 9.69. The highest BCUT2D eigenvalue weighted by Crippen LogP contribution is 2.37. The first-order chi connectivity index (χ1) is 15.7. The highest BCUT2D eigenvalue weighted by atomic mass is 19.4. The molecule has 2 amide bonds. The van der Waals surface area contributed by atoms with Gasteiger partial charge in [-0.1, -0.05) is 36.4 Å². The van der Waals surface area contributed by atoms with Crippen LogP contribution in [0.3, 0.4) is 0 Å². The molecule has 0 saturated carbocycles. The first-order valence-corrected chi connectivity index (χ1v) is 9.69. The number of amides is 2. The van der Waals surface area contributed by atoms with E-state index in [0.29, 0.717) is 5.69 Å². The number of likely N-dealkylation sites (N-methyl/N-ethyl adjacent to an activating group) is 1. The normalized spacial score (nSPS) is 14.2. The summed E-state index contributed by atoms with van der Waals surface area (Å²) >= 11 is 0. The minimum atomic E-state index is -4.94. The molecule has 0 saturated heterocycles. The van der Waals surface area contributed by atoms with Crippen molar-refractivity contribution < 1.29 is 31.9 Å². The number of halogens is 4. The molecule has 1 heterocycles. The molecule has 0 aromatic heterocycles. The molecular formula is C24H16F4N2O3. The fourth-order valence-electron chi connectivity index (χ4n) is 3.54. The number of carbonyl (C=O) groups is 2. The Hall–Kier alpha value is -4.14. The molecule has 33 heavy (non-hydrogen) atoms. The molecule has 5 nitrogen and oxygen atoms in total. The van der Waals surface area contributed by atoms with Gasteiger partial charge in [0, 0.05) is 18.8 Å². The largest absolute Gasteiger partial charge is 0.573 e. The highest BCUT2D eigenvalue weighted by molar-refractivity contribution is 6.46. The molecule has 0 bridgehead atoms. The van der Waals surface area contributed by atoms with Crippen molar-refractivity contribution in [3.8, 4) is 5.75 Å². The van der Waals surface area contributed by atoms with E-state index in [2.05, 4.69) is 4.74 Å². The van der Waals surface area contributed by atoms with E-state index in [0.717, 1.165) is 29.2 Å². The summed E-state index contributed by atoms with van der Waals surface area (Å²) in [5.41, 5.74) is 0.790. The lowest BCUT2D eigenvalue weighted by molar-refractivity contribution is -0.274. The van der Waals surface area contributed by atoms with E-state index in [1.807, 2.05) is 0 Å². The Morgan fingerprint density at radius 2 is 1.52 bits per heavy atom. The van der Waals surface area contributed by atoms with Crippen molar-refractivity contribution in [2.75, 3.05) is 16.8 Å². The van der Waals surface area contributed by atoms with Gasteiger partial charge in [0.15, 0.2) is 0 Å². The number of imide groups is 1. The summed E-state index contributed by atoms with van der Waals surface area (Å²) in [6.07, 6.45) is -4.94. The number of para-hydroxylation sites is 1. The van der Waals surface area contributed by atoms with Gasteiger partial charge in [0.1, 0.15) is 17.3 Å². The van der Waals surface area contributed by atoms with E-state index in [1.54, 1.807) is 37.4 Å². The Kier molecular flexibility index (Phi) is 5.63. The number of alkyl halides is 3. The quantitative estimate of drug-likeness (QED) is 0.394. The third-order valence-corrected chi connectivity index (χ3v) is 4.98. The number of anilines is 2. The molecule has 0 radical (unpaired) electrons. The Bertz CT molecular complexity index is 1240. The summed E-state index contributed by atoms with van der Waals surface area (Å²) in [5.74, 6) is -2.60. The van der Waals surface area contributed by atoms with E-state index in [1.165, 1.54) is 29.2 Å². The molecule has 0 unspecified atom stereocenters. The Morgan fingerprint density at radius 1 is 0.848 bits per heavy atom. The van der Waals surface area contributed by atoms with Crippen LogP contribution in [0.1, 0.15) is 5.56 Å². The second kappa shape index (κ2) is 8.42. The van der Waals surface area contributed by atoms with Crippen molar-refractivity contribution in [3.63, 3.8) is 0 Å². The van der Waals surface area contributed by atoms with Crippen molar-refractivity contribution >= 4 is 28.8 Å². The van der Waals surface area contributed by atoms with Crippen LogP contribution < -0.4 is 14.5 Å². The molecule has 0 spiro atoms. The van der Waals surface area contributed by atoms with Gasteiger partial charge in [-0.3, -0.25) is 9.59 Å². The van der Waals surface area contributed by atoms with E-state index in [4.69, 9.17) is 0 Å².